The molecule has 0 radical (unpaired) electrons. The van der Waals surface area contributed by atoms with Crippen molar-refractivity contribution in [3.05, 3.63) is 29.8 Å². The van der Waals surface area contributed by atoms with Crippen molar-refractivity contribution in [2.45, 2.75) is 6.54 Å². The fraction of sp³-hybridized carbons (Fsp3) is 0.308. The Bertz CT molecular complexity index is 528. The molecular formula is C13H15N3O4. The first-order chi connectivity index (χ1) is 9.60. The number of amides is 4. The molecule has 1 aliphatic heterocycles. The van der Waals surface area contributed by atoms with Crippen molar-refractivity contribution in [1.82, 2.24) is 10.2 Å². The van der Waals surface area contributed by atoms with Crippen molar-refractivity contribution < 1.29 is 19.1 Å². The monoisotopic (exact) mass is 277 g/mol. The van der Waals surface area contributed by atoms with E-state index in [1.54, 1.807) is 24.3 Å². The molecule has 20 heavy (non-hydrogen) atoms. The van der Waals surface area contributed by atoms with Gasteiger partial charge in [-0.25, -0.2) is 4.79 Å². The first kappa shape index (κ1) is 14.0. The number of methoxy groups -OCH3 is 1. The predicted molar refractivity (Wildman–Crippen MR) is 70.9 cm³/mol. The van der Waals surface area contributed by atoms with Gasteiger partial charge in [-0.3, -0.25) is 14.5 Å². The Morgan fingerprint density at radius 2 is 2.25 bits per heavy atom. The van der Waals surface area contributed by atoms with Crippen molar-refractivity contribution in [3.63, 3.8) is 0 Å². The molecule has 1 heterocycles. The van der Waals surface area contributed by atoms with Crippen LogP contribution in [0, 0.1) is 0 Å². The average molecular weight is 277 g/mol. The lowest BCUT2D eigenvalue weighted by atomic mass is 10.2. The van der Waals surface area contributed by atoms with Crippen molar-refractivity contribution in [3.8, 4) is 0 Å². The van der Waals surface area contributed by atoms with E-state index < -0.39 is 6.03 Å². The second kappa shape index (κ2) is 6.16. The molecule has 4 amide bonds. The minimum atomic E-state index is -0.399. The number of anilines is 1. The number of ether oxygens (including phenoxy) is 1. The number of carbonyl (C=O) groups excluding carboxylic acids is 3. The summed E-state index contributed by atoms with van der Waals surface area (Å²) in [6.45, 7) is 0.180. The van der Waals surface area contributed by atoms with Crippen LogP contribution in [0.4, 0.5) is 10.5 Å². The molecule has 0 aliphatic carbocycles. The molecule has 1 aromatic rings. The quantitative estimate of drug-likeness (QED) is 0.759. The van der Waals surface area contributed by atoms with E-state index in [1.165, 1.54) is 7.11 Å². The average Bonchev–Trinajstić information content (AvgIpc) is 2.71. The SMILES string of the molecule is COCC(=O)Nc1cccc(CN2C(=O)CNC2=O)c1. The van der Waals surface area contributed by atoms with Crippen LogP contribution in [0.3, 0.4) is 0 Å². The first-order valence-corrected chi connectivity index (χ1v) is 6.06. The number of nitrogens with zero attached hydrogens (tertiary/aromatic N) is 1. The summed E-state index contributed by atoms with van der Waals surface area (Å²) in [4.78, 5) is 35.5. The van der Waals surface area contributed by atoms with Crippen LogP contribution in [0.2, 0.25) is 0 Å². The minimum absolute atomic E-state index is 0.0305. The van der Waals surface area contributed by atoms with Gasteiger partial charge in [0.25, 0.3) is 0 Å². The molecule has 2 rings (SSSR count). The molecule has 7 heteroatoms. The molecule has 0 atom stereocenters. The molecule has 0 aromatic heterocycles. The zero-order valence-electron chi connectivity index (χ0n) is 11.0. The Hall–Kier alpha value is -2.41. The standard InChI is InChI=1S/C13H15N3O4/c1-20-8-11(17)15-10-4-2-3-9(5-10)7-16-12(18)6-14-13(16)19/h2-5H,6-8H2,1H3,(H,14,19)(H,15,17). The van der Waals surface area contributed by atoms with Gasteiger partial charge in [0.1, 0.15) is 6.61 Å². The number of carbonyl (C=O) groups is 3. The molecule has 1 aliphatic rings. The highest BCUT2D eigenvalue weighted by Gasteiger charge is 2.28. The highest BCUT2D eigenvalue weighted by atomic mass is 16.5. The van der Waals surface area contributed by atoms with E-state index in [1.807, 2.05) is 0 Å². The van der Waals surface area contributed by atoms with Gasteiger partial charge in [-0.05, 0) is 17.7 Å². The lowest BCUT2D eigenvalue weighted by Gasteiger charge is -2.13. The molecule has 1 saturated heterocycles. The smallest absolute Gasteiger partial charge is 0.324 e. The molecule has 1 fully saturated rings. The largest absolute Gasteiger partial charge is 0.375 e. The summed E-state index contributed by atoms with van der Waals surface area (Å²) in [5.74, 6) is -0.525. The third kappa shape index (κ3) is 3.33. The number of hydrogen-bond donors (Lipinski definition) is 2. The summed E-state index contributed by atoms with van der Waals surface area (Å²) in [6.07, 6.45) is 0. The van der Waals surface area contributed by atoms with Gasteiger partial charge in [0.2, 0.25) is 11.8 Å². The summed E-state index contributed by atoms with van der Waals surface area (Å²) in [7, 11) is 1.44. The van der Waals surface area contributed by atoms with Gasteiger partial charge in [-0.2, -0.15) is 0 Å². The number of nitrogens with one attached hydrogen (secondary N) is 2. The molecule has 1 aromatic carbocycles. The van der Waals surface area contributed by atoms with Gasteiger partial charge in [-0.1, -0.05) is 12.1 Å². The lowest BCUT2D eigenvalue weighted by molar-refractivity contribution is -0.125. The summed E-state index contributed by atoms with van der Waals surface area (Å²) < 4.78 is 4.72. The summed E-state index contributed by atoms with van der Waals surface area (Å²) in [5, 5.41) is 5.12. The molecule has 106 valence electrons. The van der Waals surface area contributed by atoms with Crippen LogP contribution in [0.25, 0.3) is 0 Å². The Morgan fingerprint density at radius 3 is 2.90 bits per heavy atom. The van der Waals surface area contributed by atoms with Crippen LogP contribution < -0.4 is 10.6 Å². The summed E-state index contributed by atoms with van der Waals surface area (Å²) >= 11 is 0. The highest BCUT2D eigenvalue weighted by molar-refractivity contribution is 6.01. The minimum Gasteiger partial charge on any atom is -0.375 e. The third-order valence-electron chi connectivity index (χ3n) is 2.76. The van der Waals surface area contributed by atoms with Gasteiger partial charge in [-0.15, -0.1) is 0 Å². The van der Waals surface area contributed by atoms with Crippen molar-refractivity contribution >= 4 is 23.5 Å². The van der Waals surface area contributed by atoms with Crippen LogP contribution in [0.15, 0.2) is 24.3 Å². The Kier molecular flexibility index (Phi) is 4.31. The Balaban J connectivity index is 2.04. The molecule has 0 spiro atoms. The topological polar surface area (TPSA) is 87.7 Å². The highest BCUT2D eigenvalue weighted by Crippen LogP contribution is 2.14. The van der Waals surface area contributed by atoms with Gasteiger partial charge in [0.05, 0.1) is 13.1 Å². The zero-order valence-corrected chi connectivity index (χ0v) is 11.0. The maximum Gasteiger partial charge on any atom is 0.324 e. The van der Waals surface area contributed by atoms with Gasteiger partial charge in [0, 0.05) is 12.8 Å². The van der Waals surface area contributed by atoms with E-state index >= 15 is 0 Å². The maximum atomic E-state index is 11.5. The normalized spacial score (nSPS) is 14.3. The van der Waals surface area contributed by atoms with Crippen molar-refractivity contribution in [2.75, 3.05) is 25.6 Å². The molecular weight excluding hydrogens is 262 g/mol. The lowest BCUT2D eigenvalue weighted by Crippen LogP contribution is -2.30. The fourth-order valence-corrected chi connectivity index (χ4v) is 1.87. The fourth-order valence-electron chi connectivity index (χ4n) is 1.87. The zero-order chi connectivity index (χ0) is 14.5. The van der Waals surface area contributed by atoms with E-state index in [0.717, 1.165) is 10.5 Å². The number of rotatable bonds is 5. The van der Waals surface area contributed by atoms with Gasteiger partial charge in [0.15, 0.2) is 0 Å². The van der Waals surface area contributed by atoms with E-state index in [0.29, 0.717) is 5.69 Å². The van der Waals surface area contributed by atoms with Gasteiger partial charge < -0.3 is 15.4 Å². The number of imide groups is 1. The van der Waals surface area contributed by atoms with E-state index in [2.05, 4.69) is 10.6 Å². The second-order valence-electron chi connectivity index (χ2n) is 4.32. The van der Waals surface area contributed by atoms with Crippen LogP contribution in [0.1, 0.15) is 5.56 Å². The van der Waals surface area contributed by atoms with Crippen molar-refractivity contribution in [1.29, 1.82) is 0 Å². The summed E-state index contributed by atoms with van der Waals surface area (Å²) in [5.41, 5.74) is 1.35. The van der Waals surface area contributed by atoms with Crippen LogP contribution >= 0.6 is 0 Å². The van der Waals surface area contributed by atoms with E-state index in [-0.39, 0.29) is 31.5 Å². The van der Waals surface area contributed by atoms with Crippen LogP contribution in [0.5, 0.6) is 0 Å². The Labute approximate surface area is 115 Å². The molecule has 7 nitrogen and oxygen atoms in total. The predicted octanol–water partition coefficient (Wildman–Crippen LogP) is 0.323. The summed E-state index contributed by atoms with van der Waals surface area (Å²) in [6, 6.07) is 6.57. The molecule has 0 saturated carbocycles. The van der Waals surface area contributed by atoms with E-state index in [9.17, 15) is 14.4 Å². The number of hydrogen-bond acceptors (Lipinski definition) is 4. The van der Waals surface area contributed by atoms with E-state index in [4.69, 9.17) is 4.74 Å². The van der Waals surface area contributed by atoms with Gasteiger partial charge >= 0.3 is 6.03 Å². The number of benzene rings is 1. The second-order valence-corrected chi connectivity index (χ2v) is 4.32. The molecule has 2 N–H and O–H groups in total. The number of urea groups is 1. The third-order valence-corrected chi connectivity index (χ3v) is 2.76. The molecule has 0 unspecified atom stereocenters. The Morgan fingerprint density at radius 1 is 1.45 bits per heavy atom. The first-order valence-electron chi connectivity index (χ1n) is 6.06. The van der Waals surface area contributed by atoms with Crippen LogP contribution in [-0.4, -0.2) is 43.0 Å². The van der Waals surface area contributed by atoms with Crippen molar-refractivity contribution in [2.24, 2.45) is 0 Å². The van der Waals surface area contributed by atoms with Crippen LogP contribution in [-0.2, 0) is 20.9 Å². The maximum absolute atomic E-state index is 11.5. The molecule has 0 bridgehead atoms.